The zero-order valence-corrected chi connectivity index (χ0v) is 18.0. The Kier molecular flexibility index (Phi) is 7.62. The van der Waals surface area contributed by atoms with Gasteiger partial charge in [0.25, 0.3) is 0 Å². The Morgan fingerprint density at radius 3 is 2.33 bits per heavy atom. The normalized spacial score (nSPS) is 16.2. The van der Waals surface area contributed by atoms with Gasteiger partial charge in [-0.2, -0.15) is 0 Å². The van der Waals surface area contributed by atoms with Gasteiger partial charge in [-0.1, -0.05) is 0 Å². The monoisotopic (exact) mass is 458 g/mol. The molecular weight excluding hydrogens is 436 g/mol. The van der Waals surface area contributed by atoms with Crippen molar-refractivity contribution in [2.75, 3.05) is 27.4 Å². The lowest BCUT2D eigenvalue weighted by Gasteiger charge is -2.11. The second-order valence-corrected chi connectivity index (χ2v) is 7.04. The maximum absolute atomic E-state index is 11.4. The van der Waals surface area contributed by atoms with E-state index in [2.05, 4.69) is 14.2 Å². The molecule has 33 heavy (non-hydrogen) atoms. The van der Waals surface area contributed by atoms with Crippen LogP contribution in [0.3, 0.4) is 0 Å². The van der Waals surface area contributed by atoms with Gasteiger partial charge < -0.3 is 28.8 Å². The van der Waals surface area contributed by atoms with Gasteiger partial charge in [-0.25, -0.2) is 19.2 Å². The highest BCUT2D eigenvalue weighted by atomic mass is 16.6. The van der Waals surface area contributed by atoms with E-state index in [1.165, 1.54) is 32.4 Å². The summed E-state index contributed by atoms with van der Waals surface area (Å²) in [5.41, 5.74) is 0.598. The standard InChI is InChI=1S/C13H12O5.C10H10O5/c14-12-10-4-3-8(6-11(10)13(15)18-12)17-7-9-2-1-5-16-9;1-14-9(12)7-4-3-6(11)5-8(7)10(13)15-2/h3-4,6,9H,1-2,5,7H2;3-5,11H,1-2H3. The number of esters is 4. The van der Waals surface area contributed by atoms with E-state index < -0.39 is 23.9 Å². The van der Waals surface area contributed by atoms with Gasteiger partial charge in [-0.05, 0) is 49.2 Å². The van der Waals surface area contributed by atoms with Gasteiger partial charge in [0.2, 0.25) is 0 Å². The molecule has 2 aliphatic rings. The summed E-state index contributed by atoms with van der Waals surface area (Å²) in [6.07, 6.45) is 2.16. The smallest absolute Gasteiger partial charge is 0.347 e. The number of rotatable bonds is 5. The van der Waals surface area contributed by atoms with Crippen molar-refractivity contribution in [3.63, 3.8) is 0 Å². The van der Waals surface area contributed by atoms with Gasteiger partial charge in [-0.15, -0.1) is 0 Å². The molecule has 0 spiro atoms. The largest absolute Gasteiger partial charge is 0.508 e. The van der Waals surface area contributed by atoms with E-state index >= 15 is 0 Å². The van der Waals surface area contributed by atoms with Crippen LogP contribution in [0, 0.1) is 0 Å². The molecule has 174 valence electrons. The number of cyclic esters (lactones) is 2. The summed E-state index contributed by atoms with van der Waals surface area (Å²) in [6.45, 7) is 1.24. The van der Waals surface area contributed by atoms with Crippen molar-refractivity contribution < 1.29 is 48.0 Å². The van der Waals surface area contributed by atoms with Gasteiger partial charge in [0.05, 0.1) is 42.6 Å². The molecular formula is C23H22O10. The molecule has 0 bridgehead atoms. The molecule has 2 aliphatic heterocycles. The molecule has 1 N–H and O–H groups in total. The van der Waals surface area contributed by atoms with E-state index in [0.717, 1.165) is 25.5 Å². The Morgan fingerprint density at radius 1 is 0.970 bits per heavy atom. The molecule has 1 atom stereocenters. The van der Waals surface area contributed by atoms with E-state index in [1.54, 1.807) is 12.1 Å². The highest BCUT2D eigenvalue weighted by molar-refractivity contribution is 6.14. The Labute approximate surface area is 189 Å². The van der Waals surface area contributed by atoms with Crippen LogP contribution in [-0.4, -0.2) is 62.5 Å². The van der Waals surface area contributed by atoms with E-state index in [0.29, 0.717) is 17.9 Å². The summed E-state index contributed by atoms with van der Waals surface area (Å²) in [5.74, 6) is -2.14. The van der Waals surface area contributed by atoms with Gasteiger partial charge in [0.1, 0.15) is 18.1 Å². The first-order valence-corrected chi connectivity index (χ1v) is 9.98. The summed E-state index contributed by atoms with van der Waals surface area (Å²) in [4.78, 5) is 45.1. The average molecular weight is 458 g/mol. The number of carbonyl (C=O) groups excluding carboxylic acids is 4. The fourth-order valence-corrected chi connectivity index (χ4v) is 3.22. The molecule has 10 nitrogen and oxygen atoms in total. The zero-order chi connectivity index (χ0) is 24.0. The Hall–Kier alpha value is -3.92. The van der Waals surface area contributed by atoms with Crippen molar-refractivity contribution in [3.05, 3.63) is 58.7 Å². The molecule has 4 rings (SSSR count). The Morgan fingerprint density at radius 2 is 1.67 bits per heavy atom. The van der Waals surface area contributed by atoms with Gasteiger partial charge in [-0.3, -0.25) is 0 Å². The highest BCUT2D eigenvalue weighted by Gasteiger charge is 2.30. The number of hydrogen-bond acceptors (Lipinski definition) is 10. The first kappa shape index (κ1) is 23.7. The van der Waals surface area contributed by atoms with Crippen molar-refractivity contribution in [1.29, 1.82) is 0 Å². The quantitative estimate of drug-likeness (QED) is 0.404. The summed E-state index contributed by atoms with van der Waals surface area (Å²) in [7, 11) is 2.39. The molecule has 1 saturated heterocycles. The van der Waals surface area contributed by atoms with Gasteiger partial charge in [0, 0.05) is 6.61 Å². The molecule has 0 radical (unpaired) electrons. The second kappa shape index (κ2) is 10.6. The number of fused-ring (bicyclic) bond motifs is 1. The van der Waals surface area contributed by atoms with Crippen molar-refractivity contribution in [3.8, 4) is 11.5 Å². The number of aromatic hydroxyl groups is 1. The Bertz CT molecular complexity index is 1070. The fraction of sp³-hybridized carbons (Fsp3) is 0.304. The van der Waals surface area contributed by atoms with E-state index in [4.69, 9.17) is 9.47 Å². The molecule has 1 fully saturated rings. The van der Waals surface area contributed by atoms with E-state index in [9.17, 15) is 24.3 Å². The third-order valence-corrected chi connectivity index (χ3v) is 4.89. The minimum Gasteiger partial charge on any atom is -0.508 e. The molecule has 10 heteroatoms. The third-order valence-electron chi connectivity index (χ3n) is 4.89. The number of ether oxygens (including phenoxy) is 5. The second-order valence-electron chi connectivity index (χ2n) is 7.04. The fourth-order valence-electron chi connectivity index (χ4n) is 3.22. The molecule has 0 amide bonds. The minimum absolute atomic E-state index is 0.0237. The van der Waals surface area contributed by atoms with Crippen LogP contribution in [0.4, 0.5) is 0 Å². The van der Waals surface area contributed by atoms with Gasteiger partial charge >= 0.3 is 23.9 Å². The van der Waals surface area contributed by atoms with Crippen LogP contribution >= 0.6 is 0 Å². The topological polar surface area (TPSA) is 135 Å². The third kappa shape index (κ3) is 5.66. The maximum atomic E-state index is 11.4. The number of carbonyl (C=O) groups is 4. The Balaban J connectivity index is 0.000000190. The minimum atomic E-state index is -0.702. The number of phenols is 1. The van der Waals surface area contributed by atoms with E-state index in [1.807, 2.05) is 0 Å². The zero-order valence-electron chi connectivity index (χ0n) is 18.0. The maximum Gasteiger partial charge on any atom is 0.347 e. The van der Waals surface area contributed by atoms with Crippen molar-refractivity contribution in [2.24, 2.45) is 0 Å². The van der Waals surface area contributed by atoms with Gasteiger partial charge in [0.15, 0.2) is 0 Å². The summed E-state index contributed by atoms with van der Waals surface area (Å²) < 4.78 is 24.4. The highest BCUT2D eigenvalue weighted by Crippen LogP contribution is 2.25. The van der Waals surface area contributed by atoms with Crippen LogP contribution in [0.1, 0.15) is 54.3 Å². The summed E-state index contributed by atoms with van der Waals surface area (Å²) in [5, 5.41) is 9.18. The van der Waals surface area contributed by atoms with E-state index in [-0.39, 0.29) is 28.5 Å². The predicted molar refractivity (Wildman–Crippen MR) is 111 cm³/mol. The summed E-state index contributed by atoms with van der Waals surface area (Å²) in [6, 6.07) is 8.49. The molecule has 0 aliphatic carbocycles. The van der Waals surface area contributed by atoms with Crippen molar-refractivity contribution in [1.82, 2.24) is 0 Å². The van der Waals surface area contributed by atoms with Crippen LogP contribution < -0.4 is 4.74 Å². The van der Waals surface area contributed by atoms with Crippen LogP contribution in [0.5, 0.6) is 11.5 Å². The average Bonchev–Trinajstić information content (AvgIpc) is 3.44. The molecule has 2 aromatic carbocycles. The summed E-state index contributed by atoms with van der Waals surface area (Å²) >= 11 is 0. The molecule has 1 unspecified atom stereocenters. The van der Waals surface area contributed by atoms with Crippen LogP contribution in [0.25, 0.3) is 0 Å². The van der Waals surface area contributed by atoms with Crippen LogP contribution in [0.15, 0.2) is 36.4 Å². The SMILES string of the molecule is COC(=O)c1ccc(O)cc1C(=O)OC.O=C1OC(=O)c2cc(OCC3CCCO3)ccc21. The molecule has 0 saturated carbocycles. The van der Waals surface area contributed by atoms with Crippen molar-refractivity contribution in [2.45, 2.75) is 18.9 Å². The molecule has 0 aromatic heterocycles. The number of benzene rings is 2. The first-order chi connectivity index (χ1) is 15.8. The lowest BCUT2D eigenvalue weighted by Crippen LogP contribution is -2.16. The van der Waals surface area contributed by atoms with Crippen molar-refractivity contribution >= 4 is 23.9 Å². The lowest BCUT2D eigenvalue weighted by molar-refractivity contribution is 0.0442. The molecule has 2 heterocycles. The first-order valence-electron chi connectivity index (χ1n) is 9.98. The molecule has 2 aromatic rings. The number of methoxy groups -OCH3 is 2. The lowest BCUT2D eigenvalue weighted by atomic mass is 10.1. The van der Waals surface area contributed by atoms with Crippen LogP contribution in [0.2, 0.25) is 0 Å². The predicted octanol–water partition coefficient (Wildman–Crippen LogP) is 2.52. The number of hydrogen-bond donors (Lipinski definition) is 1. The number of phenolic OH excluding ortho intramolecular Hbond substituents is 1. The van der Waals surface area contributed by atoms with Crippen LogP contribution in [-0.2, 0) is 18.9 Å².